The molecule has 0 radical (unpaired) electrons. The number of β-amino-alcohol motifs (C(OH)–C–C–N with tert-alkyl or cyclic N) is 1. The lowest BCUT2D eigenvalue weighted by Gasteiger charge is -2.28. The monoisotopic (exact) mass is 266 g/mol. The van der Waals surface area contributed by atoms with Gasteiger partial charge in [-0.15, -0.1) is 0 Å². The third-order valence-electron chi connectivity index (χ3n) is 3.99. The second-order valence-electron chi connectivity index (χ2n) is 5.83. The summed E-state index contributed by atoms with van der Waals surface area (Å²) < 4.78 is 0. The molecule has 0 amide bonds. The molecule has 19 heavy (non-hydrogen) atoms. The average molecular weight is 266 g/mol. The maximum atomic E-state index is 10.00. The van der Waals surface area contributed by atoms with Crippen LogP contribution in [-0.4, -0.2) is 35.7 Å². The molecule has 1 rings (SSSR count). The van der Waals surface area contributed by atoms with Gasteiger partial charge in [-0.1, -0.05) is 38.5 Å². The quantitative estimate of drug-likeness (QED) is 0.616. The molecule has 0 spiro atoms. The molecule has 0 aromatic heterocycles. The molecular formula is C16H30N2O. The maximum absolute atomic E-state index is 10.00. The van der Waals surface area contributed by atoms with E-state index in [2.05, 4.69) is 11.0 Å². The average Bonchev–Trinajstić information content (AvgIpc) is 2.43. The SMILES string of the molecule is N#CCCCCCCCCC(O)CN1CCCCC1. The summed E-state index contributed by atoms with van der Waals surface area (Å²) in [5, 5.41) is 18.4. The minimum Gasteiger partial charge on any atom is -0.392 e. The van der Waals surface area contributed by atoms with Gasteiger partial charge < -0.3 is 10.0 Å². The van der Waals surface area contributed by atoms with E-state index in [1.807, 2.05) is 0 Å². The molecule has 3 heteroatoms. The molecule has 1 saturated heterocycles. The topological polar surface area (TPSA) is 47.3 Å². The van der Waals surface area contributed by atoms with Gasteiger partial charge in [0.15, 0.2) is 0 Å². The fourth-order valence-electron chi connectivity index (χ4n) is 2.82. The molecule has 1 fully saturated rings. The first kappa shape index (κ1) is 16.5. The van der Waals surface area contributed by atoms with Crippen molar-refractivity contribution in [2.45, 2.75) is 76.7 Å². The molecule has 1 aliphatic heterocycles. The molecule has 1 N–H and O–H groups in total. The number of nitriles is 1. The van der Waals surface area contributed by atoms with Crippen LogP contribution in [0, 0.1) is 11.3 Å². The van der Waals surface area contributed by atoms with Crippen molar-refractivity contribution in [2.24, 2.45) is 0 Å². The first-order valence-electron chi connectivity index (χ1n) is 8.10. The van der Waals surface area contributed by atoms with E-state index in [4.69, 9.17) is 5.26 Å². The second-order valence-corrected chi connectivity index (χ2v) is 5.83. The van der Waals surface area contributed by atoms with Gasteiger partial charge in [-0.05, 0) is 38.8 Å². The van der Waals surface area contributed by atoms with Crippen molar-refractivity contribution in [3.63, 3.8) is 0 Å². The van der Waals surface area contributed by atoms with Gasteiger partial charge >= 0.3 is 0 Å². The van der Waals surface area contributed by atoms with E-state index in [0.29, 0.717) is 6.42 Å². The van der Waals surface area contributed by atoms with Crippen molar-refractivity contribution in [3.05, 3.63) is 0 Å². The number of likely N-dealkylation sites (tertiary alicyclic amines) is 1. The van der Waals surface area contributed by atoms with E-state index >= 15 is 0 Å². The fraction of sp³-hybridized carbons (Fsp3) is 0.938. The predicted octanol–water partition coefficient (Wildman–Crippen LogP) is 3.48. The predicted molar refractivity (Wildman–Crippen MR) is 78.8 cm³/mol. The maximum Gasteiger partial charge on any atom is 0.0667 e. The highest BCUT2D eigenvalue weighted by molar-refractivity contribution is 4.69. The van der Waals surface area contributed by atoms with Crippen molar-refractivity contribution in [2.75, 3.05) is 19.6 Å². The lowest BCUT2D eigenvalue weighted by atomic mass is 10.1. The zero-order valence-corrected chi connectivity index (χ0v) is 12.3. The van der Waals surface area contributed by atoms with Crippen LogP contribution in [0.25, 0.3) is 0 Å². The van der Waals surface area contributed by atoms with Gasteiger partial charge in [0, 0.05) is 13.0 Å². The molecule has 1 unspecified atom stereocenters. The van der Waals surface area contributed by atoms with Crippen LogP contribution in [0.2, 0.25) is 0 Å². The summed E-state index contributed by atoms with van der Waals surface area (Å²) in [5.74, 6) is 0. The van der Waals surface area contributed by atoms with Crippen molar-refractivity contribution in [1.82, 2.24) is 4.90 Å². The highest BCUT2D eigenvalue weighted by Gasteiger charge is 2.13. The van der Waals surface area contributed by atoms with Gasteiger partial charge in [0.25, 0.3) is 0 Å². The summed E-state index contributed by atoms with van der Waals surface area (Å²) in [6, 6.07) is 2.19. The first-order valence-corrected chi connectivity index (χ1v) is 8.10. The van der Waals surface area contributed by atoms with Gasteiger partial charge in [0.1, 0.15) is 0 Å². The third kappa shape index (κ3) is 9.02. The summed E-state index contributed by atoms with van der Waals surface area (Å²) >= 11 is 0. The highest BCUT2D eigenvalue weighted by atomic mass is 16.3. The van der Waals surface area contributed by atoms with E-state index in [1.165, 1.54) is 58.0 Å². The van der Waals surface area contributed by atoms with Crippen molar-refractivity contribution >= 4 is 0 Å². The minimum atomic E-state index is -0.128. The summed E-state index contributed by atoms with van der Waals surface area (Å²) in [6.45, 7) is 3.23. The van der Waals surface area contributed by atoms with Crippen molar-refractivity contribution < 1.29 is 5.11 Å². The largest absolute Gasteiger partial charge is 0.392 e. The van der Waals surface area contributed by atoms with E-state index in [9.17, 15) is 5.11 Å². The fourth-order valence-corrected chi connectivity index (χ4v) is 2.82. The van der Waals surface area contributed by atoms with Crippen LogP contribution in [-0.2, 0) is 0 Å². The third-order valence-corrected chi connectivity index (χ3v) is 3.99. The Morgan fingerprint density at radius 1 is 0.947 bits per heavy atom. The molecule has 0 bridgehead atoms. The summed E-state index contributed by atoms with van der Waals surface area (Å²) in [5.41, 5.74) is 0. The van der Waals surface area contributed by atoms with E-state index in [1.54, 1.807) is 0 Å². The molecule has 0 saturated carbocycles. The smallest absolute Gasteiger partial charge is 0.0667 e. The Balaban J connectivity index is 1.87. The van der Waals surface area contributed by atoms with E-state index < -0.39 is 0 Å². The molecule has 3 nitrogen and oxygen atoms in total. The molecule has 1 atom stereocenters. The number of hydrogen-bond donors (Lipinski definition) is 1. The van der Waals surface area contributed by atoms with Gasteiger partial charge in [0.05, 0.1) is 12.2 Å². The summed E-state index contributed by atoms with van der Waals surface area (Å²) in [6.07, 6.45) is 12.6. The zero-order chi connectivity index (χ0) is 13.8. The molecule has 0 aliphatic carbocycles. The van der Waals surface area contributed by atoms with Crippen LogP contribution in [0.1, 0.15) is 70.6 Å². The molecular weight excluding hydrogens is 236 g/mol. The lowest BCUT2D eigenvalue weighted by molar-refractivity contribution is 0.0926. The number of aliphatic hydroxyl groups is 1. The van der Waals surface area contributed by atoms with Gasteiger partial charge in [-0.25, -0.2) is 0 Å². The van der Waals surface area contributed by atoms with Crippen LogP contribution in [0.5, 0.6) is 0 Å². The van der Waals surface area contributed by atoms with Crippen molar-refractivity contribution in [1.29, 1.82) is 5.26 Å². The Hall–Kier alpha value is -0.590. The van der Waals surface area contributed by atoms with Gasteiger partial charge in [0.2, 0.25) is 0 Å². The Bertz CT molecular complexity index is 244. The molecule has 1 heterocycles. The Morgan fingerprint density at radius 2 is 1.58 bits per heavy atom. The number of hydrogen-bond acceptors (Lipinski definition) is 3. The van der Waals surface area contributed by atoms with Crippen molar-refractivity contribution in [3.8, 4) is 6.07 Å². The number of nitrogens with zero attached hydrogens (tertiary/aromatic N) is 2. The Morgan fingerprint density at radius 3 is 2.26 bits per heavy atom. The Labute approximate surface area is 118 Å². The first-order chi connectivity index (χ1) is 9.33. The van der Waals surface area contributed by atoms with E-state index in [-0.39, 0.29) is 6.10 Å². The van der Waals surface area contributed by atoms with Crippen LogP contribution in [0.15, 0.2) is 0 Å². The van der Waals surface area contributed by atoms with Crippen LogP contribution in [0.3, 0.4) is 0 Å². The van der Waals surface area contributed by atoms with Crippen LogP contribution in [0.4, 0.5) is 0 Å². The van der Waals surface area contributed by atoms with Gasteiger partial charge in [-0.2, -0.15) is 5.26 Å². The zero-order valence-electron chi connectivity index (χ0n) is 12.3. The van der Waals surface area contributed by atoms with Crippen LogP contribution >= 0.6 is 0 Å². The minimum absolute atomic E-state index is 0.128. The summed E-state index contributed by atoms with van der Waals surface area (Å²) in [7, 11) is 0. The second kappa shape index (κ2) is 11.3. The normalized spacial score (nSPS) is 18.1. The van der Waals surface area contributed by atoms with E-state index in [0.717, 1.165) is 25.8 Å². The van der Waals surface area contributed by atoms with Gasteiger partial charge in [-0.3, -0.25) is 0 Å². The standard InChI is InChI=1S/C16H30N2O/c17-12-8-5-3-1-2-4-7-11-16(19)15-18-13-9-6-10-14-18/h16,19H,1-11,13-15H2. The summed E-state index contributed by atoms with van der Waals surface area (Å²) in [4.78, 5) is 2.41. The molecule has 0 aromatic rings. The lowest BCUT2D eigenvalue weighted by Crippen LogP contribution is -2.36. The highest BCUT2D eigenvalue weighted by Crippen LogP contribution is 2.13. The number of aliphatic hydroxyl groups excluding tert-OH is 1. The molecule has 110 valence electrons. The number of piperidine rings is 1. The number of unbranched alkanes of at least 4 members (excludes halogenated alkanes) is 6. The number of rotatable bonds is 10. The van der Waals surface area contributed by atoms with Crippen LogP contribution < -0.4 is 0 Å². The Kier molecular flexibility index (Phi) is 9.75. The molecule has 0 aromatic carbocycles. The molecule has 1 aliphatic rings.